The van der Waals surface area contributed by atoms with E-state index in [4.69, 9.17) is 4.74 Å². The molecule has 0 aliphatic carbocycles. The van der Waals surface area contributed by atoms with Gasteiger partial charge in [-0.15, -0.1) is 11.3 Å². The molecule has 1 aromatic carbocycles. The number of thiophene rings is 1. The molecule has 3 amide bonds. The summed E-state index contributed by atoms with van der Waals surface area (Å²) < 4.78 is 4.98. The second-order valence-corrected chi connectivity index (χ2v) is 7.76. The monoisotopic (exact) mass is 414 g/mol. The number of nitrogens with zero attached hydrogens (tertiary/aromatic N) is 2. The highest BCUT2D eigenvalue weighted by molar-refractivity contribution is 7.09. The maximum absolute atomic E-state index is 13.1. The van der Waals surface area contributed by atoms with E-state index in [9.17, 15) is 19.2 Å². The Labute approximate surface area is 172 Å². The maximum Gasteiger partial charge on any atom is 0.308 e. The van der Waals surface area contributed by atoms with E-state index in [1.54, 1.807) is 12.1 Å². The van der Waals surface area contributed by atoms with Crippen LogP contribution in [0.1, 0.15) is 38.0 Å². The van der Waals surface area contributed by atoms with Crippen LogP contribution in [0.3, 0.4) is 0 Å². The molecule has 3 rings (SSSR count). The number of hydrogen-bond donors (Lipinski definition) is 0. The van der Waals surface area contributed by atoms with Gasteiger partial charge < -0.3 is 9.64 Å². The summed E-state index contributed by atoms with van der Waals surface area (Å²) in [7, 11) is 0. The number of amides is 3. The van der Waals surface area contributed by atoms with Crippen molar-refractivity contribution in [2.24, 2.45) is 0 Å². The molecule has 2 aromatic rings. The van der Waals surface area contributed by atoms with E-state index in [1.807, 2.05) is 24.4 Å². The van der Waals surface area contributed by atoms with Gasteiger partial charge in [0, 0.05) is 18.2 Å². The summed E-state index contributed by atoms with van der Waals surface area (Å²) in [6.07, 6.45) is 0.932. The molecule has 1 aromatic heterocycles. The highest BCUT2D eigenvalue weighted by atomic mass is 32.1. The molecule has 2 heterocycles. The van der Waals surface area contributed by atoms with Crippen LogP contribution in [0.5, 0.6) is 5.75 Å². The van der Waals surface area contributed by atoms with Crippen molar-refractivity contribution in [2.75, 3.05) is 4.90 Å². The number of benzene rings is 1. The minimum absolute atomic E-state index is 0.0502. The van der Waals surface area contributed by atoms with Crippen LogP contribution in [0.15, 0.2) is 41.8 Å². The highest BCUT2D eigenvalue weighted by Gasteiger charge is 2.44. The summed E-state index contributed by atoms with van der Waals surface area (Å²) in [5.41, 5.74) is 0.386. The van der Waals surface area contributed by atoms with E-state index in [1.165, 1.54) is 35.3 Å². The molecule has 1 aliphatic heterocycles. The molecule has 29 heavy (non-hydrogen) atoms. The molecule has 0 radical (unpaired) electrons. The van der Waals surface area contributed by atoms with Crippen molar-refractivity contribution in [1.82, 2.24) is 4.90 Å². The molecule has 1 atom stereocenters. The molecular weight excluding hydrogens is 392 g/mol. The molecule has 0 N–H and O–H groups in total. The van der Waals surface area contributed by atoms with E-state index in [2.05, 4.69) is 0 Å². The van der Waals surface area contributed by atoms with Gasteiger partial charge in [-0.25, -0.2) is 4.90 Å². The smallest absolute Gasteiger partial charge is 0.308 e. The Morgan fingerprint density at radius 3 is 2.52 bits per heavy atom. The number of esters is 1. The van der Waals surface area contributed by atoms with Crippen molar-refractivity contribution in [1.29, 1.82) is 0 Å². The summed E-state index contributed by atoms with van der Waals surface area (Å²) in [5.74, 6) is -1.05. The van der Waals surface area contributed by atoms with E-state index in [-0.39, 0.29) is 18.2 Å². The third-order valence-electron chi connectivity index (χ3n) is 4.55. The van der Waals surface area contributed by atoms with Crippen molar-refractivity contribution >= 4 is 40.7 Å². The average Bonchev–Trinajstić information content (AvgIpc) is 3.28. The number of carbonyl (C=O) groups excluding carboxylic acids is 4. The fourth-order valence-corrected chi connectivity index (χ4v) is 3.96. The summed E-state index contributed by atoms with van der Waals surface area (Å²) in [5, 5.41) is 1.91. The van der Waals surface area contributed by atoms with Crippen molar-refractivity contribution in [3.63, 3.8) is 0 Å². The first-order chi connectivity index (χ1) is 13.9. The first-order valence-corrected chi connectivity index (χ1v) is 10.3. The number of ether oxygens (including phenoxy) is 1. The number of imide groups is 1. The van der Waals surface area contributed by atoms with Gasteiger partial charge >= 0.3 is 5.97 Å². The lowest BCUT2D eigenvalue weighted by atomic mass is 10.1. The summed E-state index contributed by atoms with van der Waals surface area (Å²) in [6.45, 7) is 3.50. The second kappa shape index (κ2) is 9.00. The van der Waals surface area contributed by atoms with Crippen LogP contribution in [-0.4, -0.2) is 34.6 Å². The Balaban J connectivity index is 1.83. The predicted molar refractivity (Wildman–Crippen MR) is 108 cm³/mol. The number of carbonyl (C=O) groups is 4. The highest BCUT2D eigenvalue weighted by Crippen LogP contribution is 2.29. The average molecular weight is 414 g/mol. The zero-order valence-corrected chi connectivity index (χ0v) is 17.1. The quantitative estimate of drug-likeness (QED) is 0.395. The fourth-order valence-electron chi connectivity index (χ4n) is 3.26. The van der Waals surface area contributed by atoms with Crippen LogP contribution in [0.2, 0.25) is 0 Å². The van der Waals surface area contributed by atoms with Crippen LogP contribution < -0.4 is 9.64 Å². The van der Waals surface area contributed by atoms with Crippen LogP contribution >= 0.6 is 11.3 Å². The molecular formula is C21H22N2O5S. The number of rotatable bonds is 7. The molecule has 7 nitrogen and oxygen atoms in total. The lowest BCUT2D eigenvalue weighted by Crippen LogP contribution is -2.44. The predicted octanol–water partition coefficient (Wildman–Crippen LogP) is 3.13. The van der Waals surface area contributed by atoms with Gasteiger partial charge in [-0.3, -0.25) is 19.2 Å². The Kier molecular flexibility index (Phi) is 6.43. The lowest BCUT2D eigenvalue weighted by molar-refractivity contribution is -0.139. The lowest BCUT2D eigenvalue weighted by Gasteiger charge is -2.27. The fraction of sp³-hybridized carbons (Fsp3) is 0.333. The standard InChI is InChI=1S/C21H22N2O5S/c1-3-5-19(25)22(13-17-6-4-11-29-17)18-12-20(26)23(21(18)27)15-7-9-16(10-8-15)28-14(2)24/h4,6-11,18H,3,5,12-13H2,1-2H3. The topological polar surface area (TPSA) is 84.0 Å². The Morgan fingerprint density at radius 1 is 1.21 bits per heavy atom. The number of anilines is 1. The van der Waals surface area contributed by atoms with Gasteiger partial charge in [-0.05, 0) is 42.1 Å². The summed E-state index contributed by atoms with van der Waals surface area (Å²) >= 11 is 1.51. The Bertz CT molecular complexity index is 908. The maximum atomic E-state index is 13.1. The van der Waals surface area contributed by atoms with Gasteiger partial charge in [0.25, 0.3) is 5.91 Å². The minimum Gasteiger partial charge on any atom is -0.427 e. The summed E-state index contributed by atoms with van der Waals surface area (Å²) in [4.78, 5) is 53.0. The van der Waals surface area contributed by atoms with Gasteiger partial charge in [-0.2, -0.15) is 0 Å². The summed E-state index contributed by atoms with van der Waals surface area (Å²) in [6, 6.07) is 9.12. The van der Waals surface area contributed by atoms with E-state index in [0.717, 1.165) is 9.78 Å². The molecule has 0 spiro atoms. The molecule has 8 heteroatoms. The zero-order valence-electron chi connectivity index (χ0n) is 16.3. The first-order valence-electron chi connectivity index (χ1n) is 9.37. The molecule has 1 aliphatic rings. The number of hydrogen-bond acceptors (Lipinski definition) is 6. The van der Waals surface area contributed by atoms with E-state index < -0.39 is 17.9 Å². The zero-order chi connectivity index (χ0) is 21.0. The van der Waals surface area contributed by atoms with Crippen LogP contribution in [0, 0.1) is 0 Å². The molecule has 0 saturated carbocycles. The largest absolute Gasteiger partial charge is 0.427 e. The van der Waals surface area contributed by atoms with Gasteiger partial charge in [-0.1, -0.05) is 13.0 Å². The normalized spacial score (nSPS) is 16.2. The third kappa shape index (κ3) is 4.71. The van der Waals surface area contributed by atoms with E-state index >= 15 is 0 Å². The van der Waals surface area contributed by atoms with Crippen molar-refractivity contribution < 1.29 is 23.9 Å². The Hall–Kier alpha value is -3.00. The third-order valence-corrected chi connectivity index (χ3v) is 5.41. The van der Waals surface area contributed by atoms with Gasteiger partial charge in [0.2, 0.25) is 11.8 Å². The van der Waals surface area contributed by atoms with Crippen molar-refractivity contribution in [3.05, 3.63) is 46.7 Å². The molecule has 1 unspecified atom stereocenters. The van der Waals surface area contributed by atoms with Gasteiger partial charge in [0.15, 0.2) is 0 Å². The van der Waals surface area contributed by atoms with Crippen molar-refractivity contribution in [2.45, 2.75) is 45.7 Å². The van der Waals surface area contributed by atoms with Crippen LogP contribution in [-0.2, 0) is 25.7 Å². The second-order valence-electron chi connectivity index (χ2n) is 6.73. The van der Waals surface area contributed by atoms with Crippen LogP contribution in [0.4, 0.5) is 5.69 Å². The van der Waals surface area contributed by atoms with Gasteiger partial charge in [0.05, 0.1) is 18.7 Å². The molecule has 1 fully saturated rings. The van der Waals surface area contributed by atoms with E-state index in [0.29, 0.717) is 30.8 Å². The van der Waals surface area contributed by atoms with Crippen LogP contribution in [0.25, 0.3) is 0 Å². The molecule has 152 valence electrons. The Morgan fingerprint density at radius 2 is 1.93 bits per heavy atom. The minimum atomic E-state index is -0.822. The van der Waals surface area contributed by atoms with Crippen molar-refractivity contribution in [3.8, 4) is 5.75 Å². The first kappa shape index (κ1) is 20.7. The SMILES string of the molecule is CCCC(=O)N(Cc1cccs1)C1CC(=O)N(c2ccc(OC(C)=O)cc2)C1=O. The van der Waals surface area contributed by atoms with Gasteiger partial charge in [0.1, 0.15) is 11.8 Å². The molecule has 0 bridgehead atoms. The molecule has 1 saturated heterocycles.